The number of piperidine rings is 1. The molecule has 0 unspecified atom stereocenters. The fourth-order valence-electron chi connectivity index (χ4n) is 2.81. The van der Waals surface area contributed by atoms with E-state index < -0.39 is 0 Å². The predicted molar refractivity (Wildman–Crippen MR) is 77.1 cm³/mol. The van der Waals surface area contributed by atoms with Crippen LogP contribution in [0.1, 0.15) is 32.3 Å². The lowest BCUT2D eigenvalue weighted by Crippen LogP contribution is -2.35. The van der Waals surface area contributed by atoms with Gasteiger partial charge in [0.25, 0.3) is 0 Å². The van der Waals surface area contributed by atoms with Crippen molar-refractivity contribution in [3.63, 3.8) is 0 Å². The van der Waals surface area contributed by atoms with Gasteiger partial charge in [0.1, 0.15) is 0 Å². The molecule has 0 aliphatic carbocycles. The van der Waals surface area contributed by atoms with Crippen LogP contribution in [0.15, 0.2) is 18.2 Å². The molecular weight excluding hydrogens is 246 g/mol. The van der Waals surface area contributed by atoms with Crippen molar-refractivity contribution in [3.05, 3.63) is 28.8 Å². The Kier molecular flexibility index (Phi) is 4.52. The Morgan fingerprint density at radius 1 is 1.33 bits per heavy atom. The third kappa shape index (κ3) is 2.81. The maximum Gasteiger partial charge on any atom is 0.0716 e. The molecule has 3 heteroatoms. The fraction of sp³-hybridized carbons (Fsp3) is 0.600. The lowest BCUT2D eigenvalue weighted by Gasteiger charge is -2.36. The van der Waals surface area contributed by atoms with E-state index in [9.17, 15) is 5.11 Å². The maximum atomic E-state index is 9.46. The van der Waals surface area contributed by atoms with Gasteiger partial charge in [-0.1, -0.05) is 31.5 Å². The molecule has 1 N–H and O–H groups in total. The minimum absolute atomic E-state index is 0.0130. The number of anilines is 1. The number of nitrogens with zero attached hydrogens (tertiary/aromatic N) is 1. The zero-order chi connectivity index (χ0) is 13.1. The van der Waals surface area contributed by atoms with Crippen molar-refractivity contribution in [1.82, 2.24) is 0 Å². The highest BCUT2D eigenvalue weighted by Gasteiger charge is 2.23. The first-order valence-corrected chi connectivity index (χ1v) is 7.14. The van der Waals surface area contributed by atoms with E-state index in [2.05, 4.69) is 24.8 Å². The molecular formula is C15H22ClNO. The molecule has 1 heterocycles. The second-order valence-corrected chi connectivity index (χ2v) is 5.87. The molecule has 2 rings (SSSR count). The summed E-state index contributed by atoms with van der Waals surface area (Å²) in [4.78, 5) is 2.36. The Morgan fingerprint density at radius 2 is 2.00 bits per heavy atom. The molecule has 2 nitrogen and oxygen atoms in total. The van der Waals surface area contributed by atoms with E-state index in [0.717, 1.165) is 36.2 Å². The first kappa shape index (κ1) is 13.7. The zero-order valence-corrected chi connectivity index (χ0v) is 12.0. The maximum absolute atomic E-state index is 9.46. The van der Waals surface area contributed by atoms with E-state index in [1.54, 1.807) is 0 Å². The highest BCUT2D eigenvalue weighted by Crippen LogP contribution is 2.32. The van der Waals surface area contributed by atoms with Crippen LogP contribution in [-0.4, -0.2) is 18.2 Å². The molecule has 0 spiro atoms. The van der Waals surface area contributed by atoms with Gasteiger partial charge in [0, 0.05) is 29.4 Å². The van der Waals surface area contributed by atoms with E-state index in [4.69, 9.17) is 11.6 Å². The van der Waals surface area contributed by atoms with Crippen LogP contribution in [0.5, 0.6) is 0 Å². The van der Waals surface area contributed by atoms with Crippen LogP contribution < -0.4 is 4.90 Å². The number of aliphatic hydroxyl groups is 1. The normalized spacial score (nSPS) is 17.5. The molecule has 1 aliphatic rings. The van der Waals surface area contributed by atoms with E-state index in [1.807, 2.05) is 12.1 Å². The summed E-state index contributed by atoms with van der Waals surface area (Å²) < 4.78 is 0. The summed E-state index contributed by atoms with van der Waals surface area (Å²) in [6.07, 6.45) is 2.46. The van der Waals surface area contributed by atoms with Gasteiger partial charge in [-0.15, -0.1) is 0 Å². The van der Waals surface area contributed by atoms with Crippen molar-refractivity contribution < 1.29 is 5.11 Å². The molecule has 0 radical (unpaired) electrons. The van der Waals surface area contributed by atoms with Gasteiger partial charge in [0.05, 0.1) is 6.61 Å². The third-order valence-corrected chi connectivity index (χ3v) is 4.43. The van der Waals surface area contributed by atoms with Crippen molar-refractivity contribution in [1.29, 1.82) is 0 Å². The number of benzene rings is 1. The number of rotatable bonds is 3. The van der Waals surface area contributed by atoms with Gasteiger partial charge in [-0.2, -0.15) is 0 Å². The second kappa shape index (κ2) is 5.94. The van der Waals surface area contributed by atoms with E-state index >= 15 is 0 Å². The van der Waals surface area contributed by atoms with Crippen LogP contribution in [0.25, 0.3) is 0 Å². The van der Waals surface area contributed by atoms with E-state index in [-0.39, 0.29) is 6.61 Å². The summed E-state index contributed by atoms with van der Waals surface area (Å²) >= 11 is 6.14. The van der Waals surface area contributed by atoms with Gasteiger partial charge < -0.3 is 10.0 Å². The molecule has 0 atom stereocenters. The molecule has 1 aromatic rings. The molecule has 0 aromatic heterocycles. The van der Waals surface area contributed by atoms with Gasteiger partial charge in [0.2, 0.25) is 0 Å². The third-order valence-electron chi connectivity index (χ3n) is 4.08. The summed E-state index contributed by atoms with van der Waals surface area (Å²) in [5.74, 6) is 1.60. The zero-order valence-electron chi connectivity index (χ0n) is 11.2. The highest BCUT2D eigenvalue weighted by atomic mass is 35.5. The van der Waals surface area contributed by atoms with Gasteiger partial charge in [-0.05, 0) is 36.8 Å². The minimum atomic E-state index is 0.0130. The number of hydrogen-bond donors (Lipinski definition) is 1. The molecule has 0 bridgehead atoms. The molecule has 1 saturated heterocycles. The minimum Gasteiger partial charge on any atom is -0.392 e. The SMILES string of the molecule is CC(C)C1CCN(c2cccc(Cl)c2CO)CC1. The molecule has 0 amide bonds. The van der Waals surface area contributed by atoms with Crippen molar-refractivity contribution in [2.75, 3.05) is 18.0 Å². The number of hydrogen-bond acceptors (Lipinski definition) is 2. The Bertz CT molecular complexity index is 397. The van der Waals surface area contributed by atoms with Crippen LogP contribution >= 0.6 is 11.6 Å². The largest absolute Gasteiger partial charge is 0.392 e. The molecule has 100 valence electrons. The van der Waals surface area contributed by atoms with Crippen molar-refractivity contribution in [2.24, 2.45) is 11.8 Å². The summed E-state index contributed by atoms with van der Waals surface area (Å²) in [7, 11) is 0. The highest BCUT2D eigenvalue weighted by molar-refractivity contribution is 6.31. The topological polar surface area (TPSA) is 23.5 Å². The molecule has 0 saturated carbocycles. The van der Waals surface area contributed by atoms with Crippen molar-refractivity contribution in [2.45, 2.75) is 33.3 Å². The molecule has 18 heavy (non-hydrogen) atoms. The van der Waals surface area contributed by atoms with Crippen LogP contribution in [0.4, 0.5) is 5.69 Å². The number of aliphatic hydroxyl groups excluding tert-OH is 1. The Morgan fingerprint density at radius 3 is 2.56 bits per heavy atom. The summed E-state index contributed by atoms with van der Waals surface area (Å²) in [6.45, 7) is 6.75. The smallest absolute Gasteiger partial charge is 0.0716 e. The molecule has 1 aliphatic heterocycles. The quantitative estimate of drug-likeness (QED) is 0.903. The first-order valence-electron chi connectivity index (χ1n) is 6.76. The molecule has 1 fully saturated rings. The summed E-state index contributed by atoms with van der Waals surface area (Å²) in [5, 5.41) is 10.1. The van der Waals surface area contributed by atoms with Crippen LogP contribution in [0.2, 0.25) is 5.02 Å². The van der Waals surface area contributed by atoms with Crippen LogP contribution in [-0.2, 0) is 6.61 Å². The van der Waals surface area contributed by atoms with Gasteiger partial charge in [-0.3, -0.25) is 0 Å². The monoisotopic (exact) mass is 267 g/mol. The van der Waals surface area contributed by atoms with Gasteiger partial charge in [0.15, 0.2) is 0 Å². The summed E-state index contributed by atoms with van der Waals surface area (Å²) in [5.41, 5.74) is 1.97. The summed E-state index contributed by atoms with van der Waals surface area (Å²) in [6, 6.07) is 5.87. The standard InChI is InChI=1S/C15H22ClNO/c1-11(2)12-6-8-17(9-7-12)15-5-3-4-14(16)13(15)10-18/h3-5,11-12,18H,6-10H2,1-2H3. The van der Waals surface area contributed by atoms with E-state index in [1.165, 1.54) is 12.8 Å². The van der Waals surface area contributed by atoms with Gasteiger partial charge >= 0.3 is 0 Å². The fourth-order valence-corrected chi connectivity index (χ4v) is 3.04. The van der Waals surface area contributed by atoms with Gasteiger partial charge in [-0.25, -0.2) is 0 Å². The Labute approximate surface area is 115 Å². The lowest BCUT2D eigenvalue weighted by atomic mass is 9.86. The average molecular weight is 268 g/mol. The average Bonchev–Trinajstić information content (AvgIpc) is 2.38. The second-order valence-electron chi connectivity index (χ2n) is 5.46. The first-order chi connectivity index (χ1) is 8.63. The predicted octanol–water partition coefficient (Wildman–Crippen LogP) is 3.70. The van der Waals surface area contributed by atoms with E-state index in [0.29, 0.717) is 5.02 Å². The molecule has 1 aromatic carbocycles. The van der Waals surface area contributed by atoms with Crippen LogP contribution in [0, 0.1) is 11.8 Å². The Balaban J connectivity index is 2.12. The van der Waals surface area contributed by atoms with Crippen molar-refractivity contribution >= 4 is 17.3 Å². The lowest BCUT2D eigenvalue weighted by molar-refractivity contribution is 0.280. The van der Waals surface area contributed by atoms with Crippen LogP contribution in [0.3, 0.4) is 0 Å². The number of halogens is 1. The van der Waals surface area contributed by atoms with Crippen molar-refractivity contribution in [3.8, 4) is 0 Å². The Hall–Kier alpha value is -0.730.